The highest BCUT2D eigenvalue weighted by Gasteiger charge is 2.11. The molecule has 0 atom stereocenters. The molecule has 0 radical (unpaired) electrons. The second-order valence-electron chi connectivity index (χ2n) is 5.24. The second-order valence-corrected chi connectivity index (χ2v) is 6.17. The molecule has 4 rings (SSSR count). The Kier molecular flexibility index (Phi) is 3.77. The summed E-state index contributed by atoms with van der Waals surface area (Å²) in [6.45, 7) is 0. The van der Waals surface area contributed by atoms with Crippen LogP contribution >= 0.6 is 11.8 Å². The van der Waals surface area contributed by atoms with Crippen molar-refractivity contribution in [1.29, 1.82) is 5.26 Å². The summed E-state index contributed by atoms with van der Waals surface area (Å²) in [4.78, 5) is 3.28. The number of hydrogen-bond acceptors (Lipinski definition) is 5. The molecule has 0 saturated heterocycles. The predicted octanol–water partition coefficient (Wildman–Crippen LogP) is 4.38. The van der Waals surface area contributed by atoms with Crippen LogP contribution in [0.3, 0.4) is 0 Å². The predicted molar refractivity (Wildman–Crippen MR) is 92.3 cm³/mol. The first-order valence-corrected chi connectivity index (χ1v) is 8.34. The number of aromatic amines is 1. The van der Waals surface area contributed by atoms with E-state index in [0.29, 0.717) is 22.4 Å². The first-order chi connectivity index (χ1) is 11.8. The molecule has 6 heteroatoms. The van der Waals surface area contributed by atoms with E-state index in [4.69, 9.17) is 9.68 Å². The maximum atomic E-state index is 8.81. The molecule has 0 bridgehead atoms. The normalized spacial score (nSPS) is 10.8. The monoisotopic (exact) mass is 332 g/mol. The van der Waals surface area contributed by atoms with Gasteiger partial charge >= 0.3 is 0 Å². The molecule has 116 valence electrons. The van der Waals surface area contributed by atoms with Gasteiger partial charge in [0.25, 0.3) is 11.1 Å². The third kappa shape index (κ3) is 2.90. The highest BCUT2D eigenvalue weighted by molar-refractivity contribution is 7.98. The molecule has 0 unspecified atom stereocenters. The van der Waals surface area contributed by atoms with Crippen molar-refractivity contribution in [2.75, 3.05) is 0 Å². The van der Waals surface area contributed by atoms with E-state index in [2.05, 4.69) is 21.3 Å². The Morgan fingerprint density at radius 3 is 2.71 bits per heavy atom. The van der Waals surface area contributed by atoms with Gasteiger partial charge in [0.15, 0.2) is 0 Å². The minimum Gasteiger partial charge on any atom is -0.410 e. The Morgan fingerprint density at radius 2 is 1.92 bits per heavy atom. The van der Waals surface area contributed by atoms with Crippen LogP contribution in [0, 0.1) is 11.3 Å². The molecule has 0 fully saturated rings. The van der Waals surface area contributed by atoms with E-state index in [9.17, 15) is 0 Å². The van der Waals surface area contributed by atoms with Crippen molar-refractivity contribution < 1.29 is 4.42 Å². The number of H-pyrrole nitrogens is 1. The van der Waals surface area contributed by atoms with Crippen molar-refractivity contribution in [3.05, 3.63) is 65.7 Å². The Balaban J connectivity index is 1.49. The highest BCUT2D eigenvalue weighted by Crippen LogP contribution is 2.27. The van der Waals surface area contributed by atoms with E-state index in [1.54, 1.807) is 12.1 Å². The molecule has 2 aromatic heterocycles. The minimum atomic E-state index is 0.480. The lowest BCUT2D eigenvalue weighted by atomic mass is 10.2. The highest BCUT2D eigenvalue weighted by atomic mass is 32.2. The van der Waals surface area contributed by atoms with Gasteiger partial charge in [0, 0.05) is 16.7 Å². The van der Waals surface area contributed by atoms with Gasteiger partial charge in [-0.25, -0.2) is 0 Å². The summed E-state index contributed by atoms with van der Waals surface area (Å²) >= 11 is 1.47. The molecular formula is C18H12N4OS. The molecule has 4 aromatic rings. The molecule has 0 aliphatic heterocycles. The zero-order valence-corrected chi connectivity index (χ0v) is 13.4. The van der Waals surface area contributed by atoms with Gasteiger partial charge in [-0.05, 0) is 29.8 Å². The zero-order chi connectivity index (χ0) is 16.4. The van der Waals surface area contributed by atoms with Crippen molar-refractivity contribution in [2.24, 2.45) is 0 Å². The summed E-state index contributed by atoms with van der Waals surface area (Å²) in [6, 6.07) is 19.6. The average Bonchev–Trinajstić information content (AvgIpc) is 3.27. The molecule has 0 aliphatic carbocycles. The molecule has 5 nitrogen and oxygen atoms in total. The first kappa shape index (κ1) is 14.5. The number of hydrogen-bond donors (Lipinski definition) is 1. The zero-order valence-electron chi connectivity index (χ0n) is 12.6. The Morgan fingerprint density at radius 1 is 1.08 bits per heavy atom. The number of nitriles is 1. The third-order valence-electron chi connectivity index (χ3n) is 3.61. The van der Waals surface area contributed by atoms with Crippen molar-refractivity contribution in [3.63, 3.8) is 0 Å². The topological polar surface area (TPSA) is 78.5 Å². The van der Waals surface area contributed by atoms with Gasteiger partial charge in [-0.3, -0.25) is 0 Å². The lowest BCUT2D eigenvalue weighted by molar-refractivity contribution is 0.465. The Labute approximate surface area is 142 Å². The van der Waals surface area contributed by atoms with Gasteiger partial charge in [0.05, 0.1) is 11.6 Å². The van der Waals surface area contributed by atoms with E-state index in [0.717, 1.165) is 22.2 Å². The number of para-hydroxylation sites is 1. The number of thioether (sulfide) groups is 1. The van der Waals surface area contributed by atoms with Crippen LogP contribution in [0.2, 0.25) is 0 Å². The van der Waals surface area contributed by atoms with Crippen LogP contribution in [-0.2, 0) is 5.75 Å². The number of benzene rings is 2. The van der Waals surface area contributed by atoms with Gasteiger partial charge in [0.2, 0.25) is 0 Å². The fourth-order valence-corrected chi connectivity index (χ4v) is 3.11. The number of rotatable bonds is 4. The summed E-state index contributed by atoms with van der Waals surface area (Å²) in [5.41, 5.74) is 3.61. The summed E-state index contributed by atoms with van der Waals surface area (Å²) < 4.78 is 5.72. The number of nitrogens with one attached hydrogen (secondary N) is 1. The van der Waals surface area contributed by atoms with E-state index < -0.39 is 0 Å². The molecule has 2 heterocycles. The van der Waals surface area contributed by atoms with Crippen molar-refractivity contribution in [3.8, 4) is 17.7 Å². The number of fused-ring (bicyclic) bond motifs is 1. The van der Waals surface area contributed by atoms with E-state index in [1.807, 2.05) is 42.5 Å². The maximum Gasteiger partial charge on any atom is 0.277 e. The molecule has 0 saturated carbocycles. The Hall–Kier alpha value is -3.04. The van der Waals surface area contributed by atoms with Gasteiger partial charge in [-0.2, -0.15) is 5.26 Å². The van der Waals surface area contributed by atoms with Crippen LogP contribution in [0.4, 0.5) is 0 Å². The summed E-state index contributed by atoms with van der Waals surface area (Å²) in [5, 5.41) is 18.6. The minimum absolute atomic E-state index is 0.480. The summed E-state index contributed by atoms with van der Waals surface area (Å²) in [7, 11) is 0. The largest absolute Gasteiger partial charge is 0.410 e. The van der Waals surface area contributed by atoms with Crippen LogP contribution < -0.4 is 0 Å². The van der Waals surface area contributed by atoms with Gasteiger partial charge < -0.3 is 9.40 Å². The van der Waals surface area contributed by atoms with E-state index in [1.165, 1.54) is 11.8 Å². The number of nitrogens with zero attached hydrogens (tertiary/aromatic N) is 3. The quantitative estimate of drug-likeness (QED) is 0.561. The lowest BCUT2D eigenvalue weighted by Crippen LogP contribution is -1.81. The van der Waals surface area contributed by atoms with Crippen LogP contribution in [0.1, 0.15) is 11.1 Å². The molecule has 1 N–H and O–H groups in total. The van der Waals surface area contributed by atoms with Crippen LogP contribution in [0.25, 0.3) is 22.5 Å². The molecule has 24 heavy (non-hydrogen) atoms. The van der Waals surface area contributed by atoms with Crippen LogP contribution in [0.5, 0.6) is 0 Å². The fourth-order valence-electron chi connectivity index (χ4n) is 2.39. The van der Waals surface area contributed by atoms with Crippen LogP contribution in [-0.4, -0.2) is 15.2 Å². The second kappa shape index (κ2) is 6.22. The third-order valence-corrected chi connectivity index (χ3v) is 4.50. The Bertz CT molecular complexity index is 994. The fraction of sp³-hybridized carbons (Fsp3) is 0.0556. The van der Waals surface area contributed by atoms with Crippen molar-refractivity contribution >= 4 is 22.7 Å². The molecule has 0 aliphatic rings. The van der Waals surface area contributed by atoms with E-state index >= 15 is 0 Å². The molecule has 0 amide bonds. The molecular weight excluding hydrogens is 320 g/mol. The van der Waals surface area contributed by atoms with Crippen LogP contribution in [0.15, 0.2) is 64.2 Å². The molecule has 2 aromatic carbocycles. The van der Waals surface area contributed by atoms with E-state index in [-0.39, 0.29) is 0 Å². The standard InChI is InChI=1S/C18H12N4OS/c19-10-12-5-7-13(8-6-12)11-24-18-22-21-17(23-18)16-9-14-3-1-2-4-15(14)20-16/h1-9,20H,11H2. The maximum absolute atomic E-state index is 8.81. The van der Waals surface area contributed by atoms with Gasteiger partial charge in [0.1, 0.15) is 5.69 Å². The SMILES string of the molecule is N#Cc1ccc(CSc2nnc(-c3cc4ccccc4[nH]3)o2)cc1. The smallest absolute Gasteiger partial charge is 0.277 e. The summed E-state index contributed by atoms with van der Waals surface area (Å²) in [6.07, 6.45) is 0. The van der Waals surface area contributed by atoms with Gasteiger partial charge in [-0.1, -0.05) is 42.1 Å². The lowest BCUT2D eigenvalue weighted by Gasteiger charge is -1.97. The van der Waals surface area contributed by atoms with Crippen molar-refractivity contribution in [1.82, 2.24) is 15.2 Å². The van der Waals surface area contributed by atoms with Gasteiger partial charge in [-0.15, -0.1) is 10.2 Å². The average molecular weight is 332 g/mol. The summed E-state index contributed by atoms with van der Waals surface area (Å²) in [5.74, 6) is 1.19. The van der Waals surface area contributed by atoms with Crippen molar-refractivity contribution in [2.45, 2.75) is 11.0 Å². The first-order valence-electron chi connectivity index (χ1n) is 7.35. The number of aromatic nitrogens is 3. The molecule has 0 spiro atoms.